The highest BCUT2D eigenvalue weighted by molar-refractivity contribution is 7.80. The van der Waals surface area contributed by atoms with Gasteiger partial charge in [-0.2, -0.15) is 0 Å². The molecular weight excluding hydrogens is 446 g/mol. The molecule has 11 nitrogen and oxygen atoms in total. The Hall–Kier alpha value is -3.54. The minimum atomic E-state index is -0.425. The molecule has 2 aromatic heterocycles. The first-order chi connectivity index (χ1) is 15.9. The van der Waals surface area contributed by atoms with Crippen LogP contribution in [0, 0.1) is 6.92 Å². The van der Waals surface area contributed by atoms with Crippen molar-refractivity contribution in [1.29, 1.82) is 0 Å². The number of aromatic nitrogens is 3. The number of carbonyl (C=O) groups is 2. The van der Waals surface area contributed by atoms with Crippen molar-refractivity contribution in [3.8, 4) is 0 Å². The number of ether oxygens (including phenoxy) is 2. The summed E-state index contributed by atoms with van der Waals surface area (Å²) < 4.78 is 10.3. The van der Waals surface area contributed by atoms with Crippen LogP contribution in [0.15, 0.2) is 30.7 Å². The van der Waals surface area contributed by atoms with Crippen molar-refractivity contribution in [3.05, 3.63) is 42.1 Å². The van der Waals surface area contributed by atoms with E-state index in [0.717, 1.165) is 11.5 Å². The Morgan fingerprint density at radius 1 is 1.18 bits per heavy atom. The first-order valence-corrected chi connectivity index (χ1v) is 10.9. The quantitative estimate of drug-likeness (QED) is 0.634. The predicted octanol–water partition coefficient (Wildman–Crippen LogP) is 0.989. The van der Waals surface area contributed by atoms with Gasteiger partial charge in [0.25, 0.3) is 11.1 Å². The molecule has 2 aliphatic rings. The summed E-state index contributed by atoms with van der Waals surface area (Å²) in [6.45, 7) is 5.02. The van der Waals surface area contributed by atoms with Gasteiger partial charge in [0.2, 0.25) is 0 Å². The Morgan fingerprint density at radius 3 is 2.61 bits per heavy atom. The second-order valence-electron chi connectivity index (χ2n) is 7.69. The van der Waals surface area contributed by atoms with Gasteiger partial charge in [0.05, 0.1) is 44.0 Å². The van der Waals surface area contributed by atoms with Crippen molar-refractivity contribution >= 4 is 40.9 Å². The lowest BCUT2D eigenvalue weighted by molar-refractivity contribution is 0.0740. The Morgan fingerprint density at radius 2 is 1.97 bits per heavy atom. The number of rotatable bonds is 5. The number of pyridine rings is 1. The van der Waals surface area contributed by atoms with Crippen molar-refractivity contribution < 1.29 is 19.1 Å². The van der Waals surface area contributed by atoms with E-state index in [-0.39, 0.29) is 17.2 Å². The number of piperazine rings is 1. The average molecular weight is 472 g/mol. The molecule has 4 heterocycles. The van der Waals surface area contributed by atoms with Crippen LogP contribution >= 0.6 is 12.2 Å². The standard InChI is InChI=1S/C21H25N7O4S/c1-14-9-23-17(12-22-14)19(29)27-7-5-26(6-8-27)18-4-3-15(10-24-18)28-13-16(32-21(28)30)11-25-20(33)31-2/h3-4,9-10,12,16H,5-8,11,13H2,1-2H3,(H,25,33)/t16-/m0/s1. The van der Waals surface area contributed by atoms with E-state index >= 15 is 0 Å². The lowest BCUT2D eigenvalue weighted by atomic mass is 10.2. The van der Waals surface area contributed by atoms with Crippen LogP contribution in [-0.4, -0.2) is 89.5 Å². The number of methoxy groups -OCH3 is 1. The number of aryl methyl sites for hydroxylation is 1. The number of carbonyl (C=O) groups excluding carboxylic acids is 2. The highest BCUT2D eigenvalue weighted by Crippen LogP contribution is 2.23. The first-order valence-electron chi connectivity index (χ1n) is 10.5. The van der Waals surface area contributed by atoms with Gasteiger partial charge in [-0.3, -0.25) is 14.7 Å². The fraction of sp³-hybridized carbons (Fsp3) is 0.429. The summed E-state index contributed by atoms with van der Waals surface area (Å²) in [6.07, 6.45) is 4.00. The molecule has 0 saturated carbocycles. The summed E-state index contributed by atoms with van der Waals surface area (Å²) >= 11 is 4.94. The third-order valence-electron chi connectivity index (χ3n) is 5.47. The van der Waals surface area contributed by atoms with Crippen molar-refractivity contribution in [2.24, 2.45) is 0 Å². The third kappa shape index (κ3) is 5.28. The van der Waals surface area contributed by atoms with E-state index in [1.807, 2.05) is 19.1 Å². The molecule has 2 aliphatic heterocycles. The molecule has 4 rings (SSSR count). The van der Waals surface area contributed by atoms with Gasteiger partial charge in [-0.1, -0.05) is 0 Å². The average Bonchev–Trinajstić information content (AvgIpc) is 3.23. The molecule has 33 heavy (non-hydrogen) atoms. The van der Waals surface area contributed by atoms with E-state index in [4.69, 9.17) is 21.7 Å². The molecule has 0 aliphatic carbocycles. The van der Waals surface area contributed by atoms with E-state index in [2.05, 4.69) is 25.2 Å². The number of nitrogens with zero attached hydrogens (tertiary/aromatic N) is 6. The van der Waals surface area contributed by atoms with Crippen molar-refractivity contribution in [1.82, 2.24) is 25.2 Å². The zero-order valence-electron chi connectivity index (χ0n) is 18.4. The molecule has 0 unspecified atom stereocenters. The van der Waals surface area contributed by atoms with Gasteiger partial charge in [-0.05, 0) is 31.3 Å². The highest BCUT2D eigenvalue weighted by atomic mass is 32.1. The van der Waals surface area contributed by atoms with Crippen LogP contribution < -0.4 is 15.1 Å². The monoisotopic (exact) mass is 471 g/mol. The Bertz CT molecular complexity index is 1010. The Balaban J connectivity index is 1.31. The fourth-order valence-corrected chi connectivity index (χ4v) is 3.72. The lowest BCUT2D eigenvalue weighted by Crippen LogP contribution is -2.49. The van der Waals surface area contributed by atoms with E-state index in [9.17, 15) is 9.59 Å². The molecule has 0 radical (unpaired) electrons. The van der Waals surface area contributed by atoms with Crippen molar-refractivity contribution in [3.63, 3.8) is 0 Å². The van der Waals surface area contributed by atoms with E-state index in [1.54, 1.807) is 17.3 Å². The number of hydrogen-bond donors (Lipinski definition) is 1. The number of anilines is 2. The van der Waals surface area contributed by atoms with Gasteiger partial charge >= 0.3 is 6.09 Å². The summed E-state index contributed by atoms with van der Waals surface area (Å²) in [6, 6.07) is 3.72. The summed E-state index contributed by atoms with van der Waals surface area (Å²) in [4.78, 5) is 43.1. The molecule has 2 aromatic rings. The summed E-state index contributed by atoms with van der Waals surface area (Å²) in [5, 5.41) is 3.14. The van der Waals surface area contributed by atoms with Gasteiger partial charge in [-0.15, -0.1) is 0 Å². The zero-order chi connectivity index (χ0) is 23.4. The molecule has 0 spiro atoms. The molecule has 1 atom stereocenters. The molecule has 0 aromatic carbocycles. The molecule has 2 saturated heterocycles. The number of nitrogens with one attached hydrogen (secondary N) is 1. The van der Waals surface area contributed by atoms with Gasteiger partial charge in [-0.25, -0.2) is 14.8 Å². The van der Waals surface area contributed by atoms with Crippen LogP contribution in [0.25, 0.3) is 0 Å². The highest BCUT2D eigenvalue weighted by Gasteiger charge is 2.33. The normalized spacial score (nSPS) is 18.2. The number of cyclic esters (lactones) is 1. The van der Waals surface area contributed by atoms with Crippen LogP contribution in [0.2, 0.25) is 0 Å². The minimum absolute atomic E-state index is 0.117. The second-order valence-corrected chi connectivity index (χ2v) is 8.06. The number of thiocarbonyl (C=S) groups is 1. The molecular formula is C21H25N7O4S. The van der Waals surface area contributed by atoms with Gasteiger partial charge in [0, 0.05) is 32.4 Å². The molecule has 1 N–H and O–H groups in total. The Kier molecular flexibility index (Phi) is 6.82. The molecule has 12 heteroatoms. The third-order valence-corrected chi connectivity index (χ3v) is 5.78. The zero-order valence-corrected chi connectivity index (χ0v) is 19.2. The van der Waals surface area contributed by atoms with Gasteiger partial charge in [0.15, 0.2) is 0 Å². The lowest BCUT2D eigenvalue weighted by Gasteiger charge is -2.35. The summed E-state index contributed by atoms with van der Waals surface area (Å²) in [5.74, 6) is 0.672. The van der Waals surface area contributed by atoms with Gasteiger partial charge in [0.1, 0.15) is 17.6 Å². The van der Waals surface area contributed by atoms with E-state index in [0.29, 0.717) is 50.6 Å². The maximum Gasteiger partial charge on any atom is 0.414 e. The smallest absolute Gasteiger partial charge is 0.414 e. The molecule has 0 bridgehead atoms. The number of amides is 2. The molecule has 2 amide bonds. The van der Waals surface area contributed by atoms with Crippen LogP contribution in [0.3, 0.4) is 0 Å². The van der Waals surface area contributed by atoms with Crippen molar-refractivity contribution in [2.45, 2.75) is 13.0 Å². The summed E-state index contributed by atoms with van der Waals surface area (Å²) in [5.41, 5.74) is 1.79. The fourth-order valence-electron chi connectivity index (χ4n) is 3.64. The van der Waals surface area contributed by atoms with Crippen LogP contribution in [0.4, 0.5) is 16.3 Å². The Labute approximate surface area is 196 Å². The van der Waals surface area contributed by atoms with Crippen LogP contribution in [-0.2, 0) is 9.47 Å². The number of hydrogen-bond acceptors (Lipinski definition) is 9. The molecule has 174 valence electrons. The van der Waals surface area contributed by atoms with Crippen molar-refractivity contribution in [2.75, 3.05) is 56.2 Å². The summed E-state index contributed by atoms with van der Waals surface area (Å²) in [7, 11) is 1.48. The maximum atomic E-state index is 12.6. The van der Waals surface area contributed by atoms with Crippen LogP contribution in [0.5, 0.6) is 0 Å². The van der Waals surface area contributed by atoms with Gasteiger partial charge < -0.3 is 24.6 Å². The van der Waals surface area contributed by atoms with Crippen LogP contribution in [0.1, 0.15) is 16.2 Å². The second kappa shape index (κ2) is 9.94. The predicted molar refractivity (Wildman–Crippen MR) is 124 cm³/mol. The molecule has 2 fully saturated rings. The largest absolute Gasteiger partial charge is 0.474 e. The van der Waals surface area contributed by atoms with E-state index in [1.165, 1.54) is 18.2 Å². The SMILES string of the molecule is COC(=S)NC[C@H]1CN(c2ccc(N3CCN(C(=O)c4cnc(C)cn4)CC3)nc2)C(=O)O1. The maximum absolute atomic E-state index is 12.6. The van der Waals surface area contributed by atoms with E-state index < -0.39 is 6.09 Å². The first kappa shape index (κ1) is 22.6. The topological polar surface area (TPSA) is 113 Å². The minimum Gasteiger partial charge on any atom is -0.474 e.